The number of nitrogens with zero attached hydrogens (tertiary/aromatic N) is 2. The molecule has 3 aromatic rings. The van der Waals surface area contributed by atoms with E-state index in [2.05, 4.69) is 20.8 Å². The predicted molar refractivity (Wildman–Crippen MR) is 95.1 cm³/mol. The highest BCUT2D eigenvalue weighted by Crippen LogP contribution is 2.34. The van der Waals surface area contributed by atoms with E-state index in [-0.39, 0.29) is 0 Å². The van der Waals surface area contributed by atoms with Crippen molar-refractivity contribution in [2.75, 3.05) is 6.26 Å². The van der Waals surface area contributed by atoms with Crippen LogP contribution in [0.2, 0.25) is 0 Å². The summed E-state index contributed by atoms with van der Waals surface area (Å²) in [6.45, 7) is 9.14. The van der Waals surface area contributed by atoms with Gasteiger partial charge in [0.2, 0.25) is 0 Å². The van der Waals surface area contributed by atoms with Crippen molar-refractivity contribution in [2.45, 2.75) is 11.8 Å². The molecular weight excluding hydrogens is 376 g/mol. The summed E-state index contributed by atoms with van der Waals surface area (Å²) in [6, 6.07) is 10.6. The fraction of sp³-hybridized carbons (Fsp3) is 0.118. The highest BCUT2D eigenvalue weighted by atomic mass is 79.9. The average molecular weight is 389 g/mol. The van der Waals surface area contributed by atoms with Crippen molar-refractivity contribution in [3.63, 3.8) is 0 Å². The van der Waals surface area contributed by atoms with Crippen LogP contribution in [0.15, 0.2) is 52.0 Å². The summed E-state index contributed by atoms with van der Waals surface area (Å²) < 4.78 is 26.0. The molecule has 0 saturated carbocycles. The number of halogens is 1. The molecule has 0 bridgehead atoms. The first-order chi connectivity index (χ1) is 10.8. The lowest BCUT2D eigenvalue weighted by Crippen LogP contribution is -1.98. The smallest absolute Gasteiger partial charge is 0.190 e. The van der Waals surface area contributed by atoms with Gasteiger partial charge >= 0.3 is 0 Å². The fourth-order valence-electron chi connectivity index (χ4n) is 2.51. The minimum atomic E-state index is -3.21. The summed E-state index contributed by atoms with van der Waals surface area (Å²) in [5.41, 5.74) is 3.37. The van der Waals surface area contributed by atoms with E-state index in [4.69, 9.17) is 6.57 Å². The Bertz CT molecular complexity index is 1060. The first-order valence-corrected chi connectivity index (χ1v) is 9.49. The lowest BCUT2D eigenvalue weighted by molar-refractivity contribution is 0.602. The number of sulfone groups is 1. The number of hydrogen-bond donors (Lipinski definition) is 0. The van der Waals surface area contributed by atoms with E-state index in [1.54, 1.807) is 24.3 Å². The van der Waals surface area contributed by atoms with E-state index in [0.717, 1.165) is 26.6 Å². The second-order valence-electron chi connectivity index (χ2n) is 5.38. The second-order valence-corrected chi connectivity index (χ2v) is 8.25. The van der Waals surface area contributed by atoms with Crippen molar-refractivity contribution in [3.05, 3.63) is 64.0 Å². The summed E-state index contributed by atoms with van der Waals surface area (Å²) in [4.78, 5) is 3.83. The van der Waals surface area contributed by atoms with Crippen LogP contribution in [0.5, 0.6) is 0 Å². The molecule has 0 aliphatic carbocycles. The zero-order valence-electron chi connectivity index (χ0n) is 12.5. The summed E-state index contributed by atoms with van der Waals surface area (Å²) in [5, 5.41) is 0.953. The maximum Gasteiger partial charge on any atom is 0.190 e. The van der Waals surface area contributed by atoms with Crippen molar-refractivity contribution >= 4 is 42.4 Å². The first-order valence-electron chi connectivity index (χ1n) is 6.80. The number of aryl methyl sites for hydroxylation is 1. The molecule has 116 valence electrons. The normalized spacial score (nSPS) is 11.6. The van der Waals surface area contributed by atoms with Gasteiger partial charge in [0.1, 0.15) is 0 Å². The molecule has 0 N–H and O–H groups in total. The molecule has 0 atom stereocenters. The SMILES string of the molecule is [C-]#[N+]c1cc2c(Br)cn(-c3ccc(S(C)(=O)=O)cc3)c2cc1C. The molecule has 4 nitrogen and oxygen atoms in total. The highest BCUT2D eigenvalue weighted by molar-refractivity contribution is 9.10. The van der Waals surface area contributed by atoms with Crippen LogP contribution < -0.4 is 0 Å². The Balaban J connectivity index is 2.21. The molecule has 2 aromatic carbocycles. The van der Waals surface area contributed by atoms with Crippen LogP contribution in [-0.2, 0) is 9.84 Å². The third kappa shape index (κ3) is 2.78. The maximum atomic E-state index is 11.6. The van der Waals surface area contributed by atoms with Gasteiger partial charge in [-0.05, 0) is 64.8 Å². The Morgan fingerprint density at radius 1 is 1.17 bits per heavy atom. The molecule has 23 heavy (non-hydrogen) atoms. The number of fused-ring (bicyclic) bond motifs is 1. The monoisotopic (exact) mass is 388 g/mol. The Hall–Kier alpha value is -2.10. The van der Waals surface area contributed by atoms with E-state index >= 15 is 0 Å². The summed E-state index contributed by atoms with van der Waals surface area (Å²) in [7, 11) is -3.21. The van der Waals surface area contributed by atoms with Gasteiger partial charge in [0.25, 0.3) is 0 Å². The van der Waals surface area contributed by atoms with Crippen LogP contribution in [0.1, 0.15) is 5.56 Å². The van der Waals surface area contributed by atoms with Crippen LogP contribution in [0.3, 0.4) is 0 Å². The zero-order valence-corrected chi connectivity index (χ0v) is 14.9. The van der Waals surface area contributed by atoms with Crippen LogP contribution >= 0.6 is 15.9 Å². The maximum absolute atomic E-state index is 11.6. The Morgan fingerprint density at radius 3 is 2.39 bits per heavy atom. The summed E-state index contributed by atoms with van der Waals surface area (Å²) >= 11 is 3.53. The van der Waals surface area contributed by atoms with E-state index in [0.29, 0.717) is 10.6 Å². The van der Waals surface area contributed by atoms with Crippen molar-refractivity contribution in [2.24, 2.45) is 0 Å². The van der Waals surface area contributed by atoms with Gasteiger partial charge in [-0.2, -0.15) is 0 Å². The lowest BCUT2D eigenvalue weighted by atomic mass is 10.1. The quantitative estimate of drug-likeness (QED) is 0.599. The fourth-order valence-corrected chi connectivity index (χ4v) is 3.67. The van der Waals surface area contributed by atoms with E-state index in [1.807, 2.05) is 29.8 Å². The molecule has 0 unspecified atom stereocenters. The third-order valence-corrected chi connectivity index (χ3v) is 5.50. The Kier molecular flexibility index (Phi) is 3.78. The average Bonchev–Trinajstić information content (AvgIpc) is 2.82. The third-order valence-electron chi connectivity index (χ3n) is 3.74. The van der Waals surface area contributed by atoms with Gasteiger partial charge in [-0.3, -0.25) is 0 Å². The topological polar surface area (TPSA) is 43.4 Å². The number of hydrogen-bond acceptors (Lipinski definition) is 2. The minimum absolute atomic E-state index is 0.295. The van der Waals surface area contributed by atoms with Crippen molar-refractivity contribution in [3.8, 4) is 5.69 Å². The number of rotatable bonds is 2. The van der Waals surface area contributed by atoms with Gasteiger partial charge in [0.15, 0.2) is 15.5 Å². The van der Waals surface area contributed by atoms with Gasteiger partial charge in [0.05, 0.1) is 17.0 Å². The molecule has 0 amide bonds. The minimum Gasteiger partial charge on any atom is -0.315 e. The van der Waals surface area contributed by atoms with Crippen LogP contribution in [-0.4, -0.2) is 19.2 Å². The van der Waals surface area contributed by atoms with Crippen molar-refractivity contribution < 1.29 is 8.42 Å². The first kappa shape index (κ1) is 15.8. The van der Waals surface area contributed by atoms with Gasteiger partial charge in [0, 0.05) is 28.0 Å². The molecule has 0 aliphatic rings. The molecule has 6 heteroatoms. The molecule has 0 fully saturated rings. The highest BCUT2D eigenvalue weighted by Gasteiger charge is 2.12. The lowest BCUT2D eigenvalue weighted by Gasteiger charge is -2.07. The largest absolute Gasteiger partial charge is 0.315 e. The molecule has 0 saturated heterocycles. The van der Waals surface area contributed by atoms with Gasteiger partial charge < -0.3 is 4.57 Å². The molecule has 0 aliphatic heterocycles. The summed E-state index contributed by atoms with van der Waals surface area (Å²) in [6.07, 6.45) is 3.12. The van der Waals surface area contributed by atoms with Crippen LogP contribution in [0.25, 0.3) is 21.4 Å². The van der Waals surface area contributed by atoms with Gasteiger partial charge in [-0.25, -0.2) is 13.3 Å². The molecular formula is C17H13BrN2O2S. The van der Waals surface area contributed by atoms with Crippen molar-refractivity contribution in [1.29, 1.82) is 0 Å². The summed E-state index contributed by atoms with van der Waals surface area (Å²) in [5.74, 6) is 0. The zero-order chi connectivity index (χ0) is 16.8. The second kappa shape index (κ2) is 5.52. The molecule has 1 aromatic heterocycles. The van der Waals surface area contributed by atoms with Crippen molar-refractivity contribution in [1.82, 2.24) is 4.57 Å². The molecule has 0 spiro atoms. The Morgan fingerprint density at radius 2 is 1.83 bits per heavy atom. The van der Waals surface area contributed by atoms with E-state index in [9.17, 15) is 8.42 Å². The molecule has 3 rings (SSSR count). The molecule has 0 radical (unpaired) electrons. The van der Waals surface area contributed by atoms with E-state index < -0.39 is 9.84 Å². The van der Waals surface area contributed by atoms with E-state index in [1.165, 1.54) is 6.26 Å². The standard InChI is InChI=1S/C17H13BrN2O2S/c1-11-8-17-14(9-16(11)19-2)15(18)10-20(17)12-4-6-13(7-5-12)23(3,21)22/h4-10H,1,3H3. The number of aromatic nitrogens is 1. The predicted octanol–water partition coefficient (Wildman–Crippen LogP) is 4.66. The van der Waals surface area contributed by atoms with Gasteiger partial charge in [-0.1, -0.05) is 0 Å². The number of benzene rings is 2. The van der Waals surface area contributed by atoms with Gasteiger partial charge in [-0.15, -0.1) is 0 Å². The van der Waals surface area contributed by atoms with Crippen LogP contribution in [0, 0.1) is 13.5 Å². The van der Waals surface area contributed by atoms with Crippen LogP contribution in [0.4, 0.5) is 5.69 Å². The molecule has 1 heterocycles. The Labute approximate surface area is 143 Å².